The fraction of sp³-hybridized carbons (Fsp3) is 0.538. The number of anilines is 3. The Morgan fingerprint density at radius 1 is 1.14 bits per heavy atom. The van der Waals surface area contributed by atoms with Gasteiger partial charge in [0.05, 0.1) is 17.7 Å². The highest BCUT2D eigenvalue weighted by Crippen LogP contribution is 2.16. The van der Waals surface area contributed by atoms with E-state index in [4.69, 9.17) is 0 Å². The van der Waals surface area contributed by atoms with Crippen molar-refractivity contribution in [2.45, 2.75) is 19.9 Å². The summed E-state index contributed by atoms with van der Waals surface area (Å²) in [6, 6.07) is 0. The van der Waals surface area contributed by atoms with Gasteiger partial charge in [0.1, 0.15) is 0 Å². The normalized spacial score (nSPS) is 10.5. The summed E-state index contributed by atoms with van der Waals surface area (Å²) in [4.78, 5) is 21.5. The van der Waals surface area contributed by atoms with Gasteiger partial charge in [0.2, 0.25) is 17.8 Å². The molecule has 2 aromatic heterocycles. The van der Waals surface area contributed by atoms with Gasteiger partial charge < -0.3 is 15.1 Å². The van der Waals surface area contributed by atoms with E-state index < -0.39 is 0 Å². The molecule has 1 N–H and O–H groups in total. The van der Waals surface area contributed by atoms with Crippen molar-refractivity contribution in [1.29, 1.82) is 0 Å². The van der Waals surface area contributed by atoms with Gasteiger partial charge in [0.15, 0.2) is 0 Å². The molecule has 0 fully saturated rings. The molecule has 21 heavy (non-hydrogen) atoms. The molecule has 0 aliphatic heterocycles. The van der Waals surface area contributed by atoms with Crippen molar-refractivity contribution in [2.24, 2.45) is 0 Å². The molecular formula is C13H21N7S. The highest BCUT2D eigenvalue weighted by atomic mass is 32.1. The molecule has 0 saturated carbocycles. The van der Waals surface area contributed by atoms with Crippen molar-refractivity contribution in [2.75, 3.05) is 42.8 Å². The zero-order valence-electron chi connectivity index (χ0n) is 12.9. The van der Waals surface area contributed by atoms with Crippen LogP contribution in [-0.2, 0) is 6.54 Å². The van der Waals surface area contributed by atoms with Gasteiger partial charge in [-0.05, 0) is 6.42 Å². The molecule has 0 aliphatic rings. The summed E-state index contributed by atoms with van der Waals surface area (Å²) in [6.45, 7) is 3.62. The Kier molecular flexibility index (Phi) is 5.26. The van der Waals surface area contributed by atoms with Crippen molar-refractivity contribution in [3.05, 3.63) is 16.6 Å². The summed E-state index contributed by atoms with van der Waals surface area (Å²) in [7, 11) is 5.80. The summed E-state index contributed by atoms with van der Waals surface area (Å²) in [5.74, 6) is 1.89. The monoisotopic (exact) mass is 307 g/mol. The van der Waals surface area contributed by atoms with Crippen LogP contribution >= 0.6 is 11.3 Å². The first-order valence-electron chi connectivity index (χ1n) is 6.85. The van der Waals surface area contributed by atoms with E-state index in [1.54, 1.807) is 11.3 Å². The molecular weight excluding hydrogens is 286 g/mol. The first-order chi connectivity index (χ1) is 10.1. The maximum absolute atomic E-state index is 4.49. The average Bonchev–Trinajstić information content (AvgIpc) is 2.97. The molecule has 0 unspecified atom stereocenters. The second kappa shape index (κ2) is 7.16. The fourth-order valence-corrected chi connectivity index (χ4v) is 2.22. The second-order valence-electron chi connectivity index (χ2n) is 4.92. The smallest absolute Gasteiger partial charge is 0.232 e. The molecule has 0 radical (unpaired) electrons. The molecule has 114 valence electrons. The van der Waals surface area contributed by atoms with Gasteiger partial charge in [0, 0.05) is 33.1 Å². The van der Waals surface area contributed by atoms with E-state index in [-0.39, 0.29) is 0 Å². The number of nitrogens with one attached hydrogen (secondary N) is 1. The predicted molar refractivity (Wildman–Crippen MR) is 87.2 cm³/mol. The van der Waals surface area contributed by atoms with Crippen molar-refractivity contribution in [1.82, 2.24) is 19.9 Å². The Hall–Kier alpha value is -1.96. The highest BCUT2D eigenvalue weighted by Gasteiger charge is 2.12. The molecule has 2 heterocycles. The molecule has 0 amide bonds. The topological polar surface area (TPSA) is 70.1 Å². The second-order valence-corrected chi connectivity index (χ2v) is 5.63. The minimum Gasteiger partial charge on any atom is -0.354 e. The third-order valence-electron chi connectivity index (χ3n) is 2.77. The van der Waals surface area contributed by atoms with Gasteiger partial charge >= 0.3 is 0 Å². The van der Waals surface area contributed by atoms with Crippen LogP contribution in [0.4, 0.5) is 17.8 Å². The quantitative estimate of drug-likeness (QED) is 0.837. The van der Waals surface area contributed by atoms with Crippen LogP contribution in [0.15, 0.2) is 10.9 Å². The van der Waals surface area contributed by atoms with E-state index in [1.807, 2.05) is 41.8 Å². The Bertz CT molecular complexity index is 556. The number of rotatable bonds is 7. The summed E-state index contributed by atoms with van der Waals surface area (Å²) < 4.78 is 0. The summed E-state index contributed by atoms with van der Waals surface area (Å²) in [5.41, 5.74) is 2.84. The SMILES string of the molecule is CCCNc1nc(N(C)C)nc(N(C)Cc2cscn2)n1. The Morgan fingerprint density at radius 2 is 1.90 bits per heavy atom. The number of hydrogen-bond donors (Lipinski definition) is 1. The molecule has 0 saturated heterocycles. The lowest BCUT2D eigenvalue weighted by Crippen LogP contribution is -2.23. The van der Waals surface area contributed by atoms with Crippen LogP contribution in [0.3, 0.4) is 0 Å². The Morgan fingerprint density at radius 3 is 2.52 bits per heavy atom. The summed E-state index contributed by atoms with van der Waals surface area (Å²) in [5, 5.41) is 5.24. The summed E-state index contributed by atoms with van der Waals surface area (Å²) in [6.07, 6.45) is 1.02. The van der Waals surface area contributed by atoms with Crippen LogP contribution in [0.1, 0.15) is 19.0 Å². The maximum Gasteiger partial charge on any atom is 0.232 e. The number of aromatic nitrogens is 4. The lowest BCUT2D eigenvalue weighted by Gasteiger charge is -2.19. The van der Waals surface area contributed by atoms with E-state index in [2.05, 4.69) is 32.2 Å². The van der Waals surface area contributed by atoms with Crippen molar-refractivity contribution in [3.8, 4) is 0 Å². The zero-order valence-corrected chi connectivity index (χ0v) is 13.7. The average molecular weight is 307 g/mol. The molecule has 2 rings (SSSR count). The van der Waals surface area contributed by atoms with E-state index in [0.29, 0.717) is 24.4 Å². The summed E-state index contributed by atoms with van der Waals surface area (Å²) >= 11 is 1.59. The first-order valence-corrected chi connectivity index (χ1v) is 7.80. The first kappa shape index (κ1) is 15.4. The third kappa shape index (κ3) is 4.25. The van der Waals surface area contributed by atoms with Gasteiger partial charge in [-0.1, -0.05) is 6.92 Å². The Balaban J connectivity index is 2.21. The van der Waals surface area contributed by atoms with Crippen LogP contribution in [0.2, 0.25) is 0 Å². The number of thiazole rings is 1. The molecule has 0 aromatic carbocycles. The maximum atomic E-state index is 4.49. The minimum absolute atomic E-state index is 0.607. The van der Waals surface area contributed by atoms with Crippen LogP contribution in [-0.4, -0.2) is 47.6 Å². The third-order valence-corrected chi connectivity index (χ3v) is 3.40. The standard InChI is InChI=1S/C13H21N7S/c1-5-6-14-11-16-12(19(2)3)18-13(17-11)20(4)7-10-8-21-9-15-10/h8-9H,5-7H2,1-4H3,(H,14,16,17,18). The van der Waals surface area contributed by atoms with E-state index in [9.17, 15) is 0 Å². The van der Waals surface area contributed by atoms with Gasteiger partial charge in [0.25, 0.3) is 0 Å². The molecule has 2 aromatic rings. The van der Waals surface area contributed by atoms with Gasteiger partial charge in [-0.15, -0.1) is 11.3 Å². The number of hydrogen-bond acceptors (Lipinski definition) is 8. The molecule has 0 spiro atoms. The molecule has 8 heteroatoms. The van der Waals surface area contributed by atoms with Gasteiger partial charge in [-0.3, -0.25) is 0 Å². The van der Waals surface area contributed by atoms with Gasteiger partial charge in [-0.25, -0.2) is 4.98 Å². The molecule has 0 aliphatic carbocycles. The highest BCUT2D eigenvalue weighted by molar-refractivity contribution is 7.07. The van der Waals surface area contributed by atoms with Crippen molar-refractivity contribution in [3.63, 3.8) is 0 Å². The van der Waals surface area contributed by atoms with E-state index >= 15 is 0 Å². The number of nitrogens with zero attached hydrogens (tertiary/aromatic N) is 6. The fourth-order valence-electron chi connectivity index (χ4n) is 1.67. The van der Waals surface area contributed by atoms with E-state index in [1.165, 1.54) is 0 Å². The Labute approximate surface area is 129 Å². The lowest BCUT2D eigenvalue weighted by molar-refractivity contribution is 0.825. The van der Waals surface area contributed by atoms with E-state index in [0.717, 1.165) is 18.7 Å². The largest absolute Gasteiger partial charge is 0.354 e. The van der Waals surface area contributed by atoms with Crippen molar-refractivity contribution >= 4 is 29.2 Å². The van der Waals surface area contributed by atoms with Crippen molar-refractivity contribution < 1.29 is 0 Å². The zero-order chi connectivity index (χ0) is 15.2. The minimum atomic E-state index is 0.607. The van der Waals surface area contributed by atoms with Crippen LogP contribution in [0, 0.1) is 0 Å². The van der Waals surface area contributed by atoms with Crippen LogP contribution in [0.5, 0.6) is 0 Å². The molecule has 0 atom stereocenters. The predicted octanol–water partition coefficient (Wildman–Crippen LogP) is 1.85. The van der Waals surface area contributed by atoms with Crippen LogP contribution < -0.4 is 15.1 Å². The van der Waals surface area contributed by atoms with Gasteiger partial charge in [-0.2, -0.15) is 15.0 Å². The van der Waals surface area contributed by atoms with Crippen LogP contribution in [0.25, 0.3) is 0 Å². The lowest BCUT2D eigenvalue weighted by atomic mass is 10.4. The molecule has 0 bridgehead atoms. The molecule has 7 nitrogen and oxygen atoms in total.